The minimum atomic E-state index is -0.455. The van der Waals surface area contributed by atoms with Crippen molar-refractivity contribution in [1.82, 2.24) is 4.98 Å². The number of carbonyl (C=O) groups excluding carboxylic acids is 1. The van der Waals surface area contributed by atoms with Crippen molar-refractivity contribution in [3.05, 3.63) is 58.5 Å². The van der Waals surface area contributed by atoms with E-state index in [1.165, 1.54) is 30.5 Å². The van der Waals surface area contributed by atoms with Gasteiger partial charge in [0, 0.05) is 11.8 Å². The van der Waals surface area contributed by atoms with E-state index >= 15 is 0 Å². The molecule has 92 valence electrons. The number of hydrogen-bond acceptors (Lipinski definition) is 2. The van der Waals surface area contributed by atoms with E-state index in [-0.39, 0.29) is 5.56 Å². The van der Waals surface area contributed by atoms with E-state index in [2.05, 4.69) is 10.3 Å². The van der Waals surface area contributed by atoms with Gasteiger partial charge in [0.25, 0.3) is 5.91 Å². The minimum absolute atomic E-state index is 0.242. The number of carbonyl (C=O) groups is 1. The molecular weight excluding hydrogens is 255 g/mol. The maximum absolute atomic E-state index is 13.0. The van der Waals surface area contributed by atoms with Gasteiger partial charge in [0.1, 0.15) is 11.6 Å². The first-order chi connectivity index (χ1) is 8.56. The number of amides is 1. The summed E-state index contributed by atoms with van der Waals surface area (Å²) in [6, 6.07) is 7.15. The maximum atomic E-state index is 13.0. The van der Waals surface area contributed by atoms with Crippen molar-refractivity contribution in [3.63, 3.8) is 0 Å². The highest BCUT2D eigenvalue weighted by Gasteiger charge is 2.09. The van der Waals surface area contributed by atoms with Crippen LogP contribution in [0.25, 0.3) is 0 Å². The molecule has 1 aromatic carbocycles. The molecule has 1 heterocycles. The third-order valence-corrected chi connectivity index (χ3v) is 2.57. The third-order valence-electron chi connectivity index (χ3n) is 2.36. The molecule has 1 amide bonds. The molecule has 0 aliphatic carbocycles. The first-order valence-corrected chi connectivity index (χ1v) is 5.63. The van der Waals surface area contributed by atoms with Crippen LogP contribution in [-0.4, -0.2) is 10.9 Å². The lowest BCUT2D eigenvalue weighted by Gasteiger charge is -2.07. The minimum Gasteiger partial charge on any atom is -0.306 e. The summed E-state index contributed by atoms with van der Waals surface area (Å²) in [4.78, 5) is 15.9. The molecule has 0 saturated heterocycles. The molecule has 0 aliphatic rings. The Balaban J connectivity index is 2.21. The average Bonchev–Trinajstić information content (AvgIpc) is 2.32. The highest BCUT2D eigenvalue weighted by molar-refractivity contribution is 6.30. The zero-order chi connectivity index (χ0) is 13.1. The fourth-order valence-corrected chi connectivity index (χ4v) is 1.69. The Labute approximate surface area is 109 Å². The Kier molecular flexibility index (Phi) is 3.58. The lowest BCUT2D eigenvalue weighted by atomic mass is 10.2. The Morgan fingerprint density at radius 3 is 2.83 bits per heavy atom. The average molecular weight is 265 g/mol. The maximum Gasteiger partial charge on any atom is 0.256 e. The van der Waals surface area contributed by atoms with Gasteiger partial charge in [0.2, 0.25) is 0 Å². The van der Waals surface area contributed by atoms with Crippen molar-refractivity contribution in [2.75, 3.05) is 5.32 Å². The number of halogens is 2. The van der Waals surface area contributed by atoms with Crippen LogP contribution in [0.2, 0.25) is 5.02 Å². The molecule has 0 radical (unpaired) electrons. The van der Waals surface area contributed by atoms with Gasteiger partial charge in [0.15, 0.2) is 0 Å². The number of aromatic nitrogens is 1. The van der Waals surface area contributed by atoms with E-state index in [0.717, 1.165) is 5.56 Å². The van der Waals surface area contributed by atoms with E-state index < -0.39 is 11.7 Å². The lowest BCUT2D eigenvalue weighted by Crippen LogP contribution is -2.14. The number of nitrogens with one attached hydrogen (secondary N) is 1. The summed E-state index contributed by atoms with van der Waals surface area (Å²) in [6.45, 7) is 1.78. The van der Waals surface area contributed by atoms with Gasteiger partial charge in [-0.3, -0.25) is 4.79 Å². The number of rotatable bonds is 2. The van der Waals surface area contributed by atoms with Gasteiger partial charge in [-0.05, 0) is 36.8 Å². The van der Waals surface area contributed by atoms with Crippen LogP contribution in [0.1, 0.15) is 15.9 Å². The van der Waals surface area contributed by atoms with Crippen LogP contribution < -0.4 is 5.32 Å². The topological polar surface area (TPSA) is 42.0 Å². The lowest BCUT2D eigenvalue weighted by molar-refractivity contribution is 0.102. The van der Waals surface area contributed by atoms with Crippen LogP contribution in [0, 0.1) is 12.7 Å². The van der Waals surface area contributed by atoms with E-state index in [0.29, 0.717) is 10.8 Å². The molecule has 0 fully saturated rings. The molecule has 1 aromatic heterocycles. The van der Waals surface area contributed by atoms with Crippen LogP contribution in [0.4, 0.5) is 10.2 Å². The zero-order valence-corrected chi connectivity index (χ0v) is 10.3. The largest absolute Gasteiger partial charge is 0.306 e. The number of nitrogens with zero attached hydrogens (tertiary/aromatic N) is 1. The van der Waals surface area contributed by atoms with Crippen LogP contribution in [-0.2, 0) is 0 Å². The third kappa shape index (κ3) is 2.84. The van der Waals surface area contributed by atoms with E-state index in [1.54, 1.807) is 13.0 Å². The molecule has 0 bridgehead atoms. The van der Waals surface area contributed by atoms with Gasteiger partial charge in [-0.1, -0.05) is 17.7 Å². The Morgan fingerprint density at radius 1 is 1.39 bits per heavy atom. The quantitative estimate of drug-likeness (QED) is 0.903. The molecule has 0 spiro atoms. The molecule has 0 saturated carbocycles. The monoisotopic (exact) mass is 264 g/mol. The summed E-state index contributed by atoms with van der Waals surface area (Å²) in [7, 11) is 0. The van der Waals surface area contributed by atoms with Gasteiger partial charge in [0.05, 0.1) is 5.02 Å². The number of benzene rings is 1. The summed E-state index contributed by atoms with van der Waals surface area (Å²) in [5, 5.41) is 3.10. The van der Waals surface area contributed by atoms with Gasteiger partial charge >= 0.3 is 0 Å². The Hall–Kier alpha value is -1.94. The van der Waals surface area contributed by atoms with E-state index in [9.17, 15) is 9.18 Å². The van der Waals surface area contributed by atoms with Crippen LogP contribution in [0.15, 0.2) is 36.5 Å². The summed E-state index contributed by atoms with van der Waals surface area (Å²) in [5.41, 5.74) is 0.985. The second-order valence-corrected chi connectivity index (χ2v) is 4.22. The highest BCUT2D eigenvalue weighted by Crippen LogP contribution is 2.17. The predicted octanol–water partition coefficient (Wildman–Crippen LogP) is 3.43. The molecule has 0 unspecified atom stereocenters. The van der Waals surface area contributed by atoms with Crippen molar-refractivity contribution in [2.24, 2.45) is 0 Å². The molecule has 0 aliphatic heterocycles. The normalized spacial score (nSPS) is 10.2. The van der Waals surface area contributed by atoms with Crippen molar-refractivity contribution >= 4 is 23.3 Å². The van der Waals surface area contributed by atoms with Crippen molar-refractivity contribution in [3.8, 4) is 0 Å². The Morgan fingerprint density at radius 2 is 2.17 bits per heavy atom. The van der Waals surface area contributed by atoms with Crippen molar-refractivity contribution in [2.45, 2.75) is 6.92 Å². The highest BCUT2D eigenvalue weighted by atomic mass is 35.5. The van der Waals surface area contributed by atoms with Crippen molar-refractivity contribution < 1.29 is 9.18 Å². The van der Waals surface area contributed by atoms with E-state index in [1.807, 2.05) is 0 Å². The van der Waals surface area contributed by atoms with Gasteiger partial charge in [-0.25, -0.2) is 9.37 Å². The molecular formula is C13H10ClFN2O. The van der Waals surface area contributed by atoms with Crippen LogP contribution >= 0.6 is 11.6 Å². The van der Waals surface area contributed by atoms with Gasteiger partial charge in [-0.15, -0.1) is 0 Å². The van der Waals surface area contributed by atoms with Gasteiger partial charge in [-0.2, -0.15) is 0 Å². The fourth-order valence-electron chi connectivity index (χ4n) is 1.48. The zero-order valence-electron chi connectivity index (χ0n) is 9.58. The summed E-state index contributed by atoms with van der Waals surface area (Å²) in [6.07, 6.45) is 1.44. The molecule has 2 aromatic rings. The number of anilines is 1. The molecule has 2 rings (SSSR count). The first kappa shape index (κ1) is 12.5. The summed E-state index contributed by atoms with van der Waals surface area (Å²) >= 11 is 5.77. The van der Waals surface area contributed by atoms with Gasteiger partial charge < -0.3 is 5.32 Å². The molecule has 1 N–H and O–H groups in total. The number of pyridine rings is 1. The SMILES string of the molecule is Cc1cc(Cl)cnc1NC(=O)c1cccc(F)c1. The smallest absolute Gasteiger partial charge is 0.256 e. The second kappa shape index (κ2) is 5.14. The molecule has 18 heavy (non-hydrogen) atoms. The fraction of sp³-hybridized carbons (Fsp3) is 0.0769. The van der Waals surface area contributed by atoms with Crippen LogP contribution in [0.3, 0.4) is 0 Å². The number of hydrogen-bond donors (Lipinski definition) is 1. The molecule has 5 heteroatoms. The van der Waals surface area contributed by atoms with Crippen LogP contribution in [0.5, 0.6) is 0 Å². The molecule has 3 nitrogen and oxygen atoms in total. The second-order valence-electron chi connectivity index (χ2n) is 3.78. The molecule has 0 atom stereocenters. The Bertz CT molecular complexity index is 601. The first-order valence-electron chi connectivity index (χ1n) is 5.25. The predicted molar refractivity (Wildman–Crippen MR) is 68.3 cm³/mol. The summed E-state index contributed by atoms with van der Waals surface area (Å²) < 4.78 is 13.0. The summed E-state index contributed by atoms with van der Waals surface area (Å²) in [5.74, 6) is -0.454. The number of aryl methyl sites for hydroxylation is 1. The standard InChI is InChI=1S/C13H10ClFN2O/c1-8-5-10(14)7-16-12(8)17-13(18)9-3-2-4-11(15)6-9/h2-7H,1H3,(H,16,17,18). The van der Waals surface area contributed by atoms with E-state index in [4.69, 9.17) is 11.6 Å². The van der Waals surface area contributed by atoms with Crippen molar-refractivity contribution in [1.29, 1.82) is 0 Å².